The summed E-state index contributed by atoms with van der Waals surface area (Å²) in [5, 5.41) is 26.6. The molecule has 0 radical (unpaired) electrons. The van der Waals surface area contributed by atoms with Crippen molar-refractivity contribution in [2.24, 2.45) is 23.5 Å². The molecule has 3 unspecified atom stereocenters. The lowest BCUT2D eigenvalue weighted by molar-refractivity contribution is -0.144. The zero-order chi connectivity index (χ0) is 10.4. The summed E-state index contributed by atoms with van der Waals surface area (Å²) in [6, 6.07) is 0. The number of nitrogens with two attached hydrogens (primary N) is 1. The lowest BCUT2D eigenvalue weighted by Gasteiger charge is -2.19. The number of aliphatic hydroxyl groups is 2. The Morgan fingerprint density at radius 2 is 2.00 bits per heavy atom. The molecule has 0 saturated heterocycles. The second-order valence-electron chi connectivity index (χ2n) is 3.96. The summed E-state index contributed by atoms with van der Waals surface area (Å²) in [6.07, 6.45) is -1.47. The molecule has 76 valence electrons. The van der Waals surface area contributed by atoms with Gasteiger partial charge in [-0.2, -0.15) is 0 Å². The quantitative estimate of drug-likeness (QED) is 0.425. The highest BCUT2D eigenvalue weighted by molar-refractivity contribution is 5.79. The van der Waals surface area contributed by atoms with E-state index in [1.807, 2.05) is 0 Å². The Bertz CT molecular complexity index is 226. The molecule has 0 spiro atoms. The molecule has 0 bridgehead atoms. The van der Waals surface area contributed by atoms with E-state index in [-0.39, 0.29) is 11.8 Å². The standard InChI is InChI=1S/C8H15NO4/c1-3-4(6(10)11)5(3)8(2,9)7(12)13/h3-6,10-11H,9H2,1-2H3,(H,12,13)/t3?,4?,5?,8-/m0/s1. The van der Waals surface area contributed by atoms with Gasteiger partial charge in [0.05, 0.1) is 0 Å². The monoisotopic (exact) mass is 189 g/mol. The summed E-state index contributed by atoms with van der Waals surface area (Å²) in [5.41, 5.74) is 4.19. The molecule has 5 N–H and O–H groups in total. The zero-order valence-electron chi connectivity index (χ0n) is 7.64. The van der Waals surface area contributed by atoms with Crippen molar-refractivity contribution < 1.29 is 20.1 Å². The van der Waals surface area contributed by atoms with Crippen LogP contribution in [0.3, 0.4) is 0 Å². The number of aliphatic hydroxyl groups excluding tert-OH is 1. The molecule has 1 aliphatic carbocycles. The maximum atomic E-state index is 10.7. The molecule has 1 rings (SSSR count). The highest BCUT2D eigenvalue weighted by Crippen LogP contribution is 2.52. The molecule has 1 aliphatic rings. The van der Waals surface area contributed by atoms with Crippen molar-refractivity contribution in [3.8, 4) is 0 Å². The minimum Gasteiger partial charge on any atom is -0.480 e. The van der Waals surface area contributed by atoms with Gasteiger partial charge in [0.25, 0.3) is 0 Å². The second-order valence-corrected chi connectivity index (χ2v) is 3.96. The van der Waals surface area contributed by atoms with Crippen LogP contribution in [0.4, 0.5) is 0 Å². The highest BCUT2D eigenvalue weighted by atomic mass is 16.5. The van der Waals surface area contributed by atoms with Crippen LogP contribution in [0.2, 0.25) is 0 Å². The van der Waals surface area contributed by atoms with E-state index in [9.17, 15) is 4.79 Å². The van der Waals surface area contributed by atoms with Crippen molar-refractivity contribution in [2.45, 2.75) is 25.7 Å². The van der Waals surface area contributed by atoms with Crippen LogP contribution in [0.1, 0.15) is 13.8 Å². The van der Waals surface area contributed by atoms with Crippen molar-refractivity contribution in [2.75, 3.05) is 0 Å². The largest absolute Gasteiger partial charge is 0.480 e. The first-order valence-corrected chi connectivity index (χ1v) is 4.18. The Morgan fingerprint density at radius 3 is 2.23 bits per heavy atom. The molecular weight excluding hydrogens is 174 g/mol. The normalized spacial score (nSPS) is 37.2. The molecule has 0 aromatic rings. The van der Waals surface area contributed by atoms with Crippen LogP contribution in [0.15, 0.2) is 0 Å². The van der Waals surface area contributed by atoms with Crippen LogP contribution in [0, 0.1) is 17.8 Å². The van der Waals surface area contributed by atoms with Crippen LogP contribution in [0.5, 0.6) is 0 Å². The van der Waals surface area contributed by atoms with Gasteiger partial charge in [0.2, 0.25) is 0 Å². The maximum absolute atomic E-state index is 10.7. The number of carboxylic acid groups (broad SMARTS) is 1. The van der Waals surface area contributed by atoms with Crippen LogP contribution in [0.25, 0.3) is 0 Å². The van der Waals surface area contributed by atoms with E-state index in [0.717, 1.165) is 0 Å². The Hall–Kier alpha value is -0.650. The molecule has 0 aromatic carbocycles. The Balaban J connectivity index is 2.72. The van der Waals surface area contributed by atoms with E-state index in [2.05, 4.69) is 0 Å². The molecule has 0 amide bonds. The minimum absolute atomic E-state index is 0.0499. The van der Waals surface area contributed by atoms with Gasteiger partial charge in [-0.25, -0.2) is 0 Å². The second kappa shape index (κ2) is 2.94. The third kappa shape index (κ3) is 1.54. The molecule has 13 heavy (non-hydrogen) atoms. The first-order chi connectivity index (χ1) is 5.80. The van der Waals surface area contributed by atoms with E-state index >= 15 is 0 Å². The van der Waals surface area contributed by atoms with Gasteiger partial charge in [-0.05, 0) is 18.8 Å². The first kappa shape index (κ1) is 10.4. The summed E-state index contributed by atoms with van der Waals surface area (Å²) in [5.74, 6) is -1.92. The van der Waals surface area contributed by atoms with Crippen molar-refractivity contribution >= 4 is 5.97 Å². The Labute approximate surface area is 76.2 Å². The summed E-state index contributed by atoms with van der Waals surface area (Å²) >= 11 is 0. The van der Waals surface area contributed by atoms with E-state index in [1.54, 1.807) is 6.92 Å². The van der Waals surface area contributed by atoms with Crippen LogP contribution in [-0.4, -0.2) is 33.1 Å². The van der Waals surface area contributed by atoms with E-state index in [1.165, 1.54) is 6.92 Å². The number of aliphatic carboxylic acids is 1. The molecular formula is C8H15NO4. The fourth-order valence-electron chi connectivity index (χ4n) is 2.04. The minimum atomic E-state index is -1.47. The number of hydrogen-bond acceptors (Lipinski definition) is 4. The van der Waals surface area contributed by atoms with Gasteiger partial charge >= 0.3 is 5.97 Å². The summed E-state index contributed by atoms with van der Waals surface area (Å²) in [6.45, 7) is 3.17. The Kier molecular flexibility index (Phi) is 2.36. The van der Waals surface area contributed by atoms with Gasteiger partial charge < -0.3 is 21.1 Å². The van der Waals surface area contributed by atoms with Crippen LogP contribution >= 0.6 is 0 Å². The highest BCUT2D eigenvalue weighted by Gasteiger charge is 2.61. The maximum Gasteiger partial charge on any atom is 0.323 e. The van der Waals surface area contributed by atoms with Gasteiger partial charge in [0.15, 0.2) is 6.29 Å². The van der Waals surface area contributed by atoms with Crippen molar-refractivity contribution in [3.63, 3.8) is 0 Å². The molecule has 5 heteroatoms. The molecule has 5 nitrogen and oxygen atoms in total. The van der Waals surface area contributed by atoms with Crippen molar-refractivity contribution in [3.05, 3.63) is 0 Å². The van der Waals surface area contributed by atoms with Crippen molar-refractivity contribution in [1.82, 2.24) is 0 Å². The van der Waals surface area contributed by atoms with E-state index in [4.69, 9.17) is 21.1 Å². The zero-order valence-corrected chi connectivity index (χ0v) is 7.64. The predicted molar refractivity (Wildman–Crippen MR) is 44.6 cm³/mol. The number of carboxylic acids is 1. The average molecular weight is 189 g/mol. The van der Waals surface area contributed by atoms with Gasteiger partial charge in [-0.15, -0.1) is 0 Å². The van der Waals surface area contributed by atoms with Crippen molar-refractivity contribution in [1.29, 1.82) is 0 Å². The summed E-state index contributed by atoms with van der Waals surface area (Å²) in [4.78, 5) is 10.7. The summed E-state index contributed by atoms with van der Waals surface area (Å²) < 4.78 is 0. The van der Waals surface area contributed by atoms with E-state index in [0.29, 0.717) is 0 Å². The number of carbonyl (C=O) groups is 1. The number of rotatable bonds is 3. The van der Waals surface area contributed by atoms with Gasteiger partial charge in [0, 0.05) is 5.92 Å². The van der Waals surface area contributed by atoms with Gasteiger partial charge in [0.1, 0.15) is 5.54 Å². The van der Waals surface area contributed by atoms with Crippen LogP contribution < -0.4 is 5.73 Å². The fourth-order valence-corrected chi connectivity index (χ4v) is 2.04. The molecule has 1 fully saturated rings. The van der Waals surface area contributed by atoms with Crippen LogP contribution in [-0.2, 0) is 4.79 Å². The first-order valence-electron chi connectivity index (χ1n) is 4.18. The van der Waals surface area contributed by atoms with Gasteiger partial charge in [-0.1, -0.05) is 6.92 Å². The topological polar surface area (TPSA) is 104 Å². The predicted octanol–water partition coefficient (Wildman–Crippen LogP) is -1.02. The molecule has 1 saturated carbocycles. The molecule has 0 aromatic heterocycles. The van der Waals surface area contributed by atoms with Gasteiger partial charge in [-0.3, -0.25) is 4.79 Å². The smallest absolute Gasteiger partial charge is 0.323 e. The fraction of sp³-hybridized carbons (Fsp3) is 0.875. The Morgan fingerprint density at radius 1 is 1.54 bits per heavy atom. The van der Waals surface area contributed by atoms with E-state index < -0.39 is 23.7 Å². The average Bonchev–Trinajstić information content (AvgIpc) is 2.61. The molecule has 0 aliphatic heterocycles. The lowest BCUT2D eigenvalue weighted by Crippen LogP contribution is -2.48. The third-order valence-corrected chi connectivity index (χ3v) is 2.94. The number of hydrogen-bond donors (Lipinski definition) is 4. The SMILES string of the molecule is CC1C(C(O)O)C1[C@](C)(N)C(=O)O. The third-order valence-electron chi connectivity index (χ3n) is 2.94. The molecule has 4 atom stereocenters. The lowest BCUT2D eigenvalue weighted by atomic mass is 9.95. The summed E-state index contributed by atoms with van der Waals surface area (Å²) in [7, 11) is 0. The molecule has 0 heterocycles.